The molecule has 2 aromatic rings. The standard InChI is InChI=1S/C19H21BrFNO2/c1-4-13-9-17(21)18(8-12(13)2)24-11-15-14(10-19(23)22-3)6-5-7-16(15)20/h5-9H,4,10-11H2,1-3H3,(H,22,23). The van der Waals surface area contributed by atoms with Crippen molar-refractivity contribution in [2.75, 3.05) is 7.05 Å². The molecule has 5 heteroatoms. The number of nitrogens with one attached hydrogen (secondary N) is 1. The first-order chi connectivity index (χ1) is 11.5. The summed E-state index contributed by atoms with van der Waals surface area (Å²) < 4.78 is 20.7. The lowest BCUT2D eigenvalue weighted by Crippen LogP contribution is -2.21. The second-order valence-corrected chi connectivity index (χ2v) is 6.43. The van der Waals surface area contributed by atoms with E-state index in [1.165, 1.54) is 6.07 Å². The van der Waals surface area contributed by atoms with Crippen LogP contribution in [0.5, 0.6) is 5.75 Å². The van der Waals surface area contributed by atoms with Crippen molar-refractivity contribution in [1.29, 1.82) is 0 Å². The predicted molar refractivity (Wildman–Crippen MR) is 96.8 cm³/mol. The molecule has 0 fully saturated rings. The number of likely N-dealkylation sites (N-methyl/N-ethyl adjacent to an activating group) is 1. The molecular formula is C19H21BrFNO2. The van der Waals surface area contributed by atoms with Crippen LogP contribution in [-0.2, 0) is 24.2 Å². The normalized spacial score (nSPS) is 10.5. The van der Waals surface area contributed by atoms with Crippen molar-refractivity contribution in [2.24, 2.45) is 0 Å². The van der Waals surface area contributed by atoms with Crippen molar-refractivity contribution in [3.05, 3.63) is 62.9 Å². The van der Waals surface area contributed by atoms with E-state index in [0.717, 1.165) is 33.1 Å². The minimum Gasteiger partial charge on any atom is -0.486 e. The highest BCUT2D eigenvalue weighted by Gasteiger charge is 2.13. The Labute approximate surface area is 150 Å². The number of aryl methyl sites for hydroxylation is 2. The second-order valence-electron chi connectivity index (χ2n) is 5.58. The van der Waals surface area contributed by atoms with Crippen LogP contribution in [0.4, 0.5) is 4.39 Å². The average Bonchev–Trinajstić information content (AvgIpc) is 2.56. The Morgan fingerprint density at radius 3 is 2.71 bits per heavy atom. The minimum absolute atomic E-state index is 0.0799. The van der Waals surface area contributed by atoms with E-state index >= 15 is 0 Å². The molecule has 1 N–H and O–H groups in total. The molecule has 3 nitrogen and oxygen atoms in total. The maximum atomic E-state index is 14.2. The van der Waals surface area contributed by atoms with Gasteiger partial charge in [0.2, 0.25) is 5.91 Å². The first-order valence-corrected chi connectivity index (χ1v) is 8.64. The molecule has 128 valence electrons. The van der Waals surface area contributed by atoms with Gasteiger partial charge in [0.05, 0.1) is 6.42 Å². The average molecular weight is 394 g/mol. The number of benzene rings is 2. The third kappa shape index (κ3) is 4.35. The largest absolute Gasteiger partial charge is 0.486 e. The van der Waals surface area contributed by atoms with Gasteiger partial charge in [-0.1, -0.05) is 35.0 Å². The third-order valence-electron chi connectivity index (χ3n) is 3.99. The molecular weight excluding hydrogens is 373 g/mol. The second kappa shape index (κ2) is 8.29. The van der Waals surface area contributed by atoms with Crippen LogP contribution >= 0.6 is 15.9 Å². The zero-order valence-electron chi connectivity index (χ0n) is 14.1. The predicted octanol–water partition coefficient (Wildman–Crippen LogP) is 4.33. The number of carbonyl (C=O) groups is 1. The molecule has 0 atom stereocenters. The zero-order valence-corrected chi connectivity index (χ0v) is 15.7. The molecule has 24 heavy (non-hydrogen) atoms. The number of rotatable bonds is 6. The van der Waals surface area contributed by atoms with Gasteiger partial charge in [0.15, 0.2) is 11.6 Å². The fraction of sp³-hybridized carbons (Fsp3) is 0.316. The molecule has 0 aliphatic carbocycles. The van der Waals surface area contributed by atoms with E-state index in [1.54, 1.807) is 13.1 Å². The minimum atomic E-state index is -0.364. The van der Waals surface area contributed by atoms with Gasteiger partial charge >= 0.3 is 0 Å². The Morgan fingerprint density at radius 1 is 1.29 bits per heavy atom. The number of halogens is 2. The molecule has 0 saturated carbocycles. The summed E-state index contributed by atoms with van der Waals surface area (Å²) in [5.41, 5.74) is 3.68. The fourth-order valence-electron chi connectivity index (χ4n) is 2.53. The van der Waals surface area contributed by atoms with E-state index < -0.39 is 0 Å². The Hall–Kier alpha value is -1.88. The lowest BCUT2D eigenvalue weighted by molar-refractivity contribution is -0.119. The molecule has 2 rings (SSSR count). The van der Waals surface area contributed by atoms with Gasteiger partial charge in [-0.2, -0.15) is 0 Å². The maximum absolute atomic E-state index is 14.2. The molecule has 0 radical (unpaired) electrons. The SMILES string of the molecule is CCc1cc(F)c(OCc2c(Br)cccc2CC(=O)NC)cc1C. The van der Waals surface area contributed by atoms with Crippen molar-refractivity contribution >= 4 is 21.8 Å². The monoisotopic (exact) mass is 393 g/mol. The van der Waals surface area contributed by atoms with Crippen molar-refractivity contribution < 1.29 is 13.9 Å². The summed E-state index contributed by atoms with van der Waals surface area (Å²) in [4.78, 5) is 11.7. The van der Waals surface area contributed by atoms with Crippen LogP contribution in [0.3, 0.4) is 0 Å². The van der Waals surface area contributed by atoms with Crippen molar-refractivity contribution in [3.8, 4) is 5.75 Å². The van der Waals surface area contributed by atoms with Gasteiger partial charge in [0.1, 0.15) is 6.61 Å². The quantitative estimate of drug-likeness (QED) is 0.792. The topological polar surface area (TPSA) is 38.3 Å². The molecule has 1 amide bonds. The first kappa shape index (κ1) is 18.5. The van der Waals surface area contributed by atoms with Crippen LogP contribution in [0.25, 0.3) is 0 Å². The third-order valence-corrected chi connectivity index (χ3v) is 4.73. The van der Waals surface area contributed by atoms with Gasteiger partial charge in [-0.25, -0.2) is 4.39 Å². The molecule has 0 saturated heterocycles. The summed E-state index contributed by atoms with van der Waals surface area (Å²) in [5.74, 6) is -0.215. The highest BCUT2D eigenvalue weighted by atomic mass is 79.9. The van der Waals surface area contributed by atoms with Crippen LogP contribution in [-0.4, -0.2) is 13.0 Å². The summed E-state index contributed by atoms with van der Waals surface area (Å²) >= 11 is 3.48. The van der Waals surface area contributed by atoms with Crippen LogP contribution < -0.4 is 10.1 Å². The Bertz CT molecular complexity index is 746. The van der Waals surface area contributed by atoms with E-state index in [2.05, 4.69) is 21.2 Å². The zero-order chi connectivity index (χ0) is 17.7. The van der Waals surface area contributed by atoms with E-state index in [9.17, 15) is 9.18 Å². The highest BCUT2D eigenvalue weighted by Crippen LogP contribution is 2.26. The van der Waals surface area contributed by atoms with Crippen molar-refractivity contribution in [3.63, 3.8) is 0 Å². The summed E-state index contributed by atoms with van der Waals surface area (Å²) in [5, 5.41) is 2.61. The van der Waals surface area contributed by atoms with E-state index in [4.69, 9.17) is 4.74 Å². The van der Waals surface area contributed by atoms with Crippen LogP contribution in [0.15, 0.2) is 34.8 Å². The first-order valence-electron chi connectivity index (χ1n) is 7.84. The van der Waals surface area contributed by atoms with Crippen LogP contribution in [0.2, 0.25) is 0 Å². The Morgan fingerprint density at radius 2 is 2.04 bits per heavy atom. The van der Waals surface area contributed by atoms with Crippen LogP contribution in [0.1, 0.15) is 29.2 Å². The molecule has 0 bridgehead atoms. The number of carbonyl (C=O) groups excluding carboxylic acids is 1. The molecule has 0 heterocycles. The number of ether oxygens (including phenoxy) is 1. The van der Waals surface area contributed by atoms with E-state index in [-0.39, 0.29) is 30.5 Å². The van der Waals surface area contributed by atoms with Gasteiger partial charge in [-0.05, 0) is 48.2 Å². The fourth-order valence-corrected chi connectivity index (χ4v) is 3.05. The lowest BCUT2D eigenvalue weighted by atomic mass is 10.0. The van der Waals surface area contributed by atoms with Gasteiger partial charge in [-0.3, -0.25) is 4.79 Å². The maximum Gasteiger partial charge on any atom is 0.224 e. The highest BCUT2D eigenvalue weighted by molar-refractivity contribution is 9.10. The Balaban J connectivity index is 2.23. The molecule has 0 aromatic heterocycles. The molecule has 2 aromatic carbocycles. The van der Waals surface area contributed by atoms with Crippen LogP contribution in [0, 0.1) is 12.7 Å². The van der Waals surface area contributed by atoms with Gasteiger partial charge < -0.3 is 10.1 Å². The van der Waals surface area contributed by atoms with Gasteiger partial charge in [0, 0.05) is 17.1 Å². The molecule has 0 aliphatic heterocycles. The van der Waals surface area contributed by atoms with Crippen molar-refractivity contribution in [1.82, 2.24) is 5.32 Å². The summed E-state index contributed by atoms with van der Waals surface area (Å²) in [6.45, 7) is 4.13. The molecule has 0 unspecified atom stereocenters. The number of hydrogen-bond donors (Lipinski definition) is 1. The lowest BCUT2D eigenvalue weighted by Gasteiger charge is -2.14. The smallest absolute Gasteiger partial charge is 0.224 e. The summed E-state index contributed by atoms with van der Waals surface area (Å²) in [6.07, 6.45) is 1.04. The molecule has 0 aliphatic rings. The van der Waals surface area contributed by atoms with E-state index in [1.807, 2.05) is 32.0 Å². The summed E-state index contributed by atoms with van der Waals surface area (Å²) in [6, 6.07) is 8.88. The van der Waals surface area contributed by atoms with Gasteiger partial charge in [-0.15, -0.1) is 0 Å². The Kier molecular flexibility index (Phi) is 6.37. The number of amides is 1. The number of hydrogen-bond acceptors (Lipinski definition) is 2. The molecule has 0 spiro atoms. The van der Waals surface area contributed by atoms with E-state index in [0.29, 0.717) is 0 Å². The van der Waals surface area contributed by atoms with Crippen molar-refractivity contribution in [2.45, 2.75) is 33.3 Å². The van der Waals surface area contributed by atoms with Gasteiger partial charge in [0.25, 0.3) is 0 Å². The summed E-state index contributed by atoms with van der Waals surface area (Å²) in [7, 11) is 1.60.